The van der Waals surface area contributed by atoms with Crippen molar-refractivity contribution in [2.45, 2.75) is 69.2 Å². The van der Waals surface area contributed by atoms with E-state index in [0.29, 0.717) is 16.5 Å². The van der Waals surface area contributed by atoms with E-state index in [1.807, 2.05) is 33.0 Å². The maximum Gasteiger partial charge on any atom is 0.417 e. The number of anilines is 1. The molecular formula is C26H30N4O5S2. The van der Waals surface area contributed by atoms with Gasteiger partial charge in [0, 0.05) is 36.0 Å². The number of nitrogens with one attached hydrogen (secondary N) is 2. The van der Waals surface area contributed by atoms with Gasteiger partial charge < -0.3 is 9.29 Å². The van der Waals surface area contributed by atoms with Gasteiger partial charge in [-0.15, -0.1) is 16.1 Å². The van der Waals surface area contributed by atoms with Crippen LogP contribution in [0.5, 0.6) is 5.75 Å². The molecule has 3 aromatic rings. The summed E-state index contributed by atoms with van der Waals surface area (Å²) in [6.45, 7) is 5.80. The van der Waals surface area contributed by atoms with Gasteiger partial charge in [0.15, 0.2) is 4.90 Å². The Morgan fingerprint density at radius 3 is 2.49 bits per heavy atom. The van der Waals surface area contributed by atoms with Crippen molar-refractivity contribution in [3.8, 4) is 16.2 Å². The molecule has 1 atom stereocenters. The van der Waals surface area contributed by atoms with Crippen molar-refractivity contribution in [2.75, 3.05) is 5.32 Å². The van der Waals surface area contributed by atoms with Crippen LogP contribution in [-0.4, -0.2) is 26.1 Å². The van der Waals surface area contributed by atoms with Crippen molar-refractivity contribution < 1.29 is 19.0 Å². The minimum Gasteiger partial charge on any atom is -0.593 e. The molecular weight excluding hydrogens is 512 g/mol. The van der Waals surface area contributed by atoms with Crippen molar-refractivity contribution in [1.82, 2.24) is 9.71 Å². The lowest BCUT2D eigenvalue weighted by molar-refractivity contribution is -0.384. The first-order chi connectivity index (χ1) is 17.6. The Balaban J connectivity index is 1.56. The molecule has 2 aromatic carbocycles. The van der Waals surface area contributed by atoms with Crippen LogP contribution < -0.4 is 14.8 Å². The fourth-order valence-corrected chi connectivity index (χ4v) is 6.60. The summed E-state index contributed by atoms with van der Waals surface area (Å²) in [6.07, 6.45) is 7.10. The summed E-state index contributed by atoms with van der Waals surface area (Å²) >= 11 is 0.0758. The fourth-order valence-electron chi connectivity index (χ4n) is 4.13. The Morgan fingerprint density at radius 2 is 1.84 bits per heavy atom. The van der Waals surface area contributed by atoms with Crippen LogP contribution in [0, 0.1) is 10.1 Å². The maximum atomic E-state index is 13.4. The Morgan fingerprint density at radius 1 is 1.14 bits per heavy atom. The summed E-state index contributed by atoms with van der Waals surface area (Å²) in [5, 5.41) is 14.6. The van der Waals surface area contributed by atoms with E-state index in [-0.39, 0.29) is 11.4 Å². The van der Waals surface area contributed by atoms with E-state index >= 15 is 0 Å². The highest BCUT2D eigenvalue weighted by Gasteiger charge is 2.27. The first-order valence-electron chi connectivity index (χ1n) is 12.1. The van der Waals surface area contributed by atoms with Crippen LogP contribution in [0.4, 0.5) is 16.2 Å². The molecule has 0 saturated heterocycles. The maximum absolute atomic E-state index is 13.4. The number of ether oxygens (including phenoxy) is 1. The number of rotatable bonds is 7. The number of benzene rings is 2. The molecule has 1 aliphatic rings. The largest absolute Gasteiger partial charge is 0.593 e. The minimum atomic E-state index is -1.56. The molecule has 0 radical (unpaired) electrons. The van der Waals surface area contributed by atoms with E-state index in [1.54, 1.807) is 23.5 Å². The van der Waals surface area contributed by atoms with Gasteiger partial charge in [0.2, 0.25) is 0 Å². The summed E-state index contributed by atoms with van der Waals surface area (Å²) in [6, 6.07) is 10.4. The monoisotopic (exact) mass is 542 g/mol. The molecule has 0 bridgehead atoms. The Bertz CT molecular complexity index is 1250. The van der Waals surface area contributed by atoms with E-state index in [1.165, 1.54) is 43.5 Å². The Kier molecular flexibility index (Phi) is 8.48. The van der Waals surface area contributed by atoms with Crippen LogP contribution in [0.1, 0.15) is 63.8 Å². The summed E-state index contributed by atoms with van der Waals surface area (Å²) in [5.41, 5.74) is 0.702. The molecule has 0 aliphatic heterocycles. The van der Waals surface area contributed by atoms with Crippen molar-refractivity contribution in [1.29, 1.82) is 0 Å². The van der Waals surface area contributed by atoms with Crippen molar-refractivity contribution in [3.05, 3.63) is 63.8 Å². The second-order valence-electron chi connectivity index (χ2n) is 9.99. The zero-order valence-corrected chi connectivity index (χ0v) is 22.6. The smallest absolute Gasteiger partial charge is 0.417 e. The third-order valence-electron chi connectivity index (χ3n) is 5.83. The van der Waals surface area contributed by atoms with Crippen LogP contribution in [0.15, 0.2) is 53.6 Å². The number of amides is 1. The molecule has 196 valence electrons. The molecule has 1 aromatic heterocycles. The third kappa shape index (κ3) is 7.29. The van der Waals surface area contributed by atoms with Gasteiger partial charge in [-0.2, -0.15) is 0 Å². The molecule has 4 rings (SSSR count). The van der Waals surface area contributed by atoms with E-state index in [9.17, 15) is 19.5 Å². The summed E-state index contributed by atoms with van der Waals surface area (Å²) in [5.74, 6) is 0.641. The summed E-state index contributed by atoms with van der Waals surface area (Å²) in [4.78, 5) is 28.9. The number of thiazole rings is 1. The number of hydrogen-bond donors (Lipinski definition) is 2. The number of aromatic nitrogens is 1. The van der Waals surface area contributed by atoms with Gasteiger partial charge in [-0.1, -0.05) is 19.3 Å². The van der Waals surface area contributed by atoms with Gasteiger partial charge in [0.25, 0.3) is 5.69 Å². The third-order valence-corrected chi connectivity index (χ3v) is 8.56. The second kappa shape index (κ2) is 11.6. The molecule has 37 heavy (non-hydrogen) atoms. The van der Waals surface area contributed by atoms with Gasteiger partial charge in [-0.3, -0.25) is 15.4 Å². The topological polar surface area (TPSA) is 129 Å². The highest BCUT2D eigenvalue weighted by molar-refractivity contribution is 7.89. The predicted octanol–water partition coefficient (Wildman–Crippen LogP) is 6.79. The number of non-ortho nitro benzene ring substituents is 1. The number of nitrogens with zero attached hydrogens (tertiary/aromatic N) is 2. The lowest BCUT2D eigenvalue weighted by Gasteiger charge is -2.23. The van der Waals surface area contributed by atoms with Crippen molar-refractivity contribution >= 4 is 40.2 Å². The first kappa shape index (κ1) is 27.1. The van der Waals surface area contributed by atoms with E-state index in [0.717, 1.165) is 28.3 Å². The molecule has 1 amide bonds. The standard InChI is InChI=1S/C26H30N4O5S2/c1-26(2,3)29-37(34)23-15-18(28-25(31)35-20-12-10-19(11-13-20)30(32)33)9-14-21(23)22-16-27-24(36-22)17-7-5-4-6-8-17/h9-17,29H,4-8H2,1-3H3,(H,28,31). The van der Waals surface area contributed by atoms with E-state index in [2.05, 4.69) is 10.0 Å². The zero-order valence-electron chi connectivity index (χ0n) is 21.0. The van der Waals surface area contributed by atoms with Crippen LogP contribution in [0.25, 0.3) is 10.4 Å². The fraction of sp³-hybridized carbons (Fsp3) is 0.385. The molecule has 2 N–H and O–H groups in total. The number of carbonyl (C=O) groups excluding carboxylic acids is 1. The quantitative estimate of drug-likeness (QED) is 0.191. The highest BCUT2D eigenvalue weighted by Crippen LogP contribution is 2.39. The van der Waals surface area contributed by atoms with Crippen LogP contribution in [-0.2, 0) is 11.4 Å². The number of nitro groups is 1. The van der Waals surface area contributed by atoms with Gasteiger partial charge >= 0.3 is 6.09 Å². The minimum absolute atomic E-state index is 0.100. The molecule has 1 unspecified atom stereocenters. The molecule has 1 heterocycles. The number of carbonyl (C=O) groups is 1. The first-order valence-corrected chi connectivity index (χ1v) is 14.1. The molecule has 11 heteroatoms. The Labute approximate surface area is 223 Å². The van der Waals surface area contributed by atoms with Crippen LogP contribution in [0.3, 0.4) is 0 Å². The molecule has 1 fully saturated rings. The average Bonchev–Trinajstić information content (AvgIpc) is 3.34. The summed E-state index contributed by atoms with van der Waals surface area (Å²) in [7, 11) is 0. The Hall–Kier alpha value is -2.99. The van der Waals surface area contributed by atoms with E-state index in [4.69, 9.17) is 9.72 Å². The van der Waals surface area contributed by atoms with Crippen molar-refractivity contribution in [3.63, 3.8) is 0 Å². The predicted molar refractivity (Wildman–Crippen MR) is 145 cm³/mol. The highest BCUT2D eigenvalue weighted by atomic mass is 32.2. The number of hydrogen-bond acceptors (Lipinski definition) is 8. The second-order valence-corrected chi connectivity index (χ2v) is 12.2. The zero-order chi connectivity index (χ0) is 26.6. The van der Waals surface area contributed by atoms with Crippen LogP contribution in [0.2, 0.25) is 0 Å². The lowest BCUT2D eigenvalue weighted by Crippen LogP contribution is -2.40. The molecule has 0 spiro atoms. The average molecular weight is 543 g/mol. The van der Waals surface area contributed by atoms with Gasteiger partial charge in [0.1, 0.15) is 5.75 Å². The van der Waals surface area contributed by atoms with E-state index < -0.39 is 27.9 Å². The van der Waals surface area contributed by atoms with Crippen molar-refractivity contribution in [2.24, 2.45) is 0 Å². The lowest BCUT2D eigenvalue weighted by atomic mass is 9.90. The summed E-state index contributed by atoms with van der Waals surface area (Å²) < 4.78 is 21.7. The molecule has 1 saturated carbocycles. The van der Waals surface area contributed by atoms with Gasteiger partial charge in [-0.25, -0.2) is 9.78 Å². The van der Waals surface area contributed by atoms with Gasteiger partial charge in [0.05, 0.1) is 37.3 Å². The normalized spacial score (nSPS) is 15.2. The van der Waals surface area contributed by atoms with Gasteiger partial charge in [-0.05, 0) is 57.9 Å². The molecule has 9 nitrogen and oxygen atoms in total. The molecule has 1 aliphatic carbocycles. The van der Waals surface area contributed by atoms with Crippen LogP contribution >= 0.6 is 11.3 Å². The SMILES string of the molecule is CC(C)(C)N[S+]([O-])c1cc(NC(=O)Oc2ccc([N+](=O)[O-])cc2)ccc1-c1cnc(C2CCCCC2)s1. The number of nitro benzene ring substituents is 1.